The summed E-state index contributed by atoms with van der Waals surface area (Å²) in [7, 11) is 0. The van der Waals surface area contributed by atoms with Crippen molar-refractivity contribution in [2.24, 2.45) is 0 Å². The molecule has 0 saturated heterocycles. The molecule has 0 aliphatic rings. The smallest absolute Gasteiger partial charge is 2.00 e. The molecule has 0 heterocycles. The molecule has 0 aliphatic heterocycles. The van der Waals surface area contributed by atoms with Crippen molar-refractivity contribution in [3.63, 3.8) is 0 Å². The van der Waals surface area contributed by atoms with Crippen LogP contribution < -0.4 is 0 Å². The molecule has 0 atom stereocenters. The van der Waals surface area contributed by atoms with Gasteiger partial charge in [0.05, 0.1) is 0 Å². The second-order valence-corrected chi connectivity index (χ2v) is 1.49. The summed E-state index contributed by atoms with van der Waals surface area (Å²) >= 11 is 1.13. The van der Waals surface area contributed by atoms with Gasteiger partial charge in [-0.25, -0.2) is 0 Å². The summed E-state index contributed by atoms with van der Waals surface area (Å²) < 4.78 is 1.89. The van der Waals surface area contributed by atoms with Gasteiger partial charge in [0.2, 0.25) is 0 Å². The molecule has 0 aromatic rings. The number of rotatable bonds is 0. The molecule has 0 spiro atoms. The summed E-state index contributed by atoms with van der Waals surface area (Å²) in [5.74, 6) is 0. The van der Waals surface area contributed by atoms with E-state index in [0.29, 0.717) is 0 Å². The summed E-state index contributed by atoms with van der Waals surface area (Å²) in [4.78, 5) is 0. The average molecular weight is 183 g/mol. The van der Waals surface area contributed by atoms with Gasteiger partial charge in [-0.2, -0.15) is 0 Å². The molecule has 0 amide bonds. The normalized spacial score (nSPS) is 3.50. The van der Waals surface area contributed by atoms with Gasteiger partial charge in [-0.1, -0.05) is 0 Å². The third kappa shape index (κ3) is 11.4. The molecular formula is C2H3CeO. The summed E-state index contributed by atoms with van der Waals surface area (Å²) in [5, 5.41) is 0. The quantitative estimate of drug-likeness (QED) is 0.525. The monoisotopic (exact) mass is 183 g/mol. The Morgan fingerprint density at radius 2 is 1.75 bits per heavy atom. The van der Waals surface area contributed by atoms with E-state index < -0.39 is 0 Å². The molecule has 21 valence electrons. The Kier molecular flexibility index (Phi) is 19.9. The minimum Gasteiger partial charge on any atom is -2.00 e. The summed E-state index contributed by atoms with van der Waals surface area (Å²) in [6, 6.07) is 0. The average Bonchev–Trinajstić information content (AvgIpc) is 0.918. The van der Waals surface area contributed by atoms with Crippen LogP contribution in [0.2, 0.25) is 0 Å². The molecule has 2 heteroatoms. The maximum absolute atomic E-state index is 3.42. The minimum absolute atomic E-state index is 0. The van der Waals surface area contributed by atoms with Gasteiger partial charge in [0.1, 0.15) is 0 Å². The molecule has 4 heavy (non-hydrogen) atoms. The Labute approximate surface area is 52.7 Å². The molecule has 0 bridgehead atoms. The molecular weight excluding hydrogens is 180 g/mol. The fraction of sp³-hybridized carbons (Fsp3) is 0. The SMILES string of the molecule is C=[CH][Ce+2].[O-2]. The van der Waals surface area contributed by atoms with Crippen LogP contribution in [0.25, 0.3) is 0 Å². The van der Waals surface area contributed by atoms with Crippen LogP contribution in [0.3, 0.4) is 0 Å². The van der Waals surface area contributed by atoms with Crippen LogP contribution in [-0.2, 0) is 5.48 Å². The predicted octanol–water partition coefficient (Wildman–Crippen LogP) is 0.560. The van der Waals surface area contributed by atoms with Crippen molar-refractivity contribution in [2.75, 3.05) is 0 Å². The standard InChI is InChI=1S/C2H3.Ce.O/c1-2;;/h1H,2H2;;/q;+2;-2. The van der Waals surface area contributed by atoms with Gasteiger partial charge in [0.25, 0.3) is 0 Å². The summed E-state index contributed by atoms with van der Waals surface area (Å²) in [5.41, 5.74) is 0. The second-order valence-electron chi connectivity index (χ2n) is 0.204. The number of hydrogen-bond donors (Lipinski definition) is 0. The van der Waals surface area contributed by atoms with Crippen LogP contribution in [0.4, 0.5) is 0 Å². The van der Waals surface area contributed by atoms with Crippen molar-refractivity contribution in [3.05, 3.63) is 8.17 Å². The fourth-order valence-corrected chi connectivity index (χ4v) is 0. The van der Waals surface area contributed by atoms with Gasteiger partial charge in [-0.05, 0) is 0 Å². The van der Waals surface area contributed by atoms with Crippen molar-refractivity contribution in [1.82, 2.24) is 0 Å². The zero-order valence-electron chi connectivity index (χ0n) is 2.19. The van der Waals surface area contributed by atoms with Crippen LogP contribution in [0.1, 0.15) is 0 Å². The third-order valence-electron chi connectivity index (χ3n) is 0. The summed E-state index contributed by atoms with van der Waals surface area (Å²) in [6.07, 6.45) is 0. The van der Waals surface area contributed by atoms with Crippen molar-refractivity contribution in [3.8, 4) is 0 Å². The van der Waals surface area contributed by atoms with Crippen molar-refractivity contribution >= 4 is 0 Å². The first-order valence-corrected chi connectivity index (χ1v) is 2.51. The molecule has 0 aromatic carbocycles. The van der Waals surface area contributed by atoms with Crippen molar-refractivity contribution in [2.45, 2.75) is 0 Å². The first-order chi connectivity index (χ1) is 1.41. The van der Waals surface area contributed by atoms with E-state index in [4.69, 9.17) is 0 Å². The maximum atomic E-state index is 3.42. The van der Waals surface area contributed by atoms with E-state index in [-0.39, 0.29) is 5.48 Å². The minimum atomic E-state index is 0. The van der Waals surface area contributed by atoms with Gasteiger partial charge in [0, 0.05) is 0 Å². The number of hydrogen-bond acceptors (Lipinski definition) is 0. The largest absolute Gasteiger partial charge is 2.00 e. The third-order valence-corrected chi connectivity index (χ3v) is 0. The topological polar surface area (TPSA) is 28.5 Å². The summed E-state index contributed by atoms with van der Waals surface area (Å²) in [6.45, 7) is 3.42. The molecule has 0 N–H and O–H groups in total. The van der Waals surface area contributed by atoms with Crippen LogP contribution >= 0.6 is 0 Å². The van der Waals surface area contributed by atoms with Crippen LogP contribution in [0.15, 0.2) is 8.17 Å². The van der Waals surface area contributed by atoms with Crippen LogP contribution in [-0.4, -0.2) is 0 Å². The molecule has 0 aliphatic carbocycles. The van der Waals surface area contributed by atoms with E-state index >= 15 is 0 Å². The van der Waals surface area contributed by atoms with E-state index in [1.165, 1.54) is 0 Å². The Hall–Kier alpha value is 1.08. The molecule has 0 saturated carbocycles. The first-order valence-electron chi connectivity index (χ1n) is 0.697. The Balaban J connectivity index is 0. The fourth-order valence-electron chi connectivity index (χ4n) is 0. The Morgan fingerprint density at radius 1 is 1.75 bits per heavy atom. The second kappa shape index (κ2) is 8.95. The van der Waals surface area contributed by atoms with Gasteiger partial charge in [0.15, 0.2) is 0 Å². The van der Waals surface area contributed by atoms with E-state index in [1.54, 1.807) is 0 Å². The molecule has 0 aromatic heterocycles. The van der Waals surface area contributed by atoms with Gasteiger partial charge >= 0.3 is 47.8 Å². The Bertz CT molecular complexity index is 13.5. The Morgan fingerprint density at radius 3 is 1.75 bits per heavy atom. The van der Waals surface area contributed by atoms with E-state index in [0.717, 1.165) is 39.6 Å². The van der Waals surface area contributed by atoms with Crippen LogP contribution in [0, 0.1) is 39.6 Å². The van der Waals surface area contributed by atoms with Crippen LogP contribution in [0.5, 0.6) is 0 Å². The molecule has 0 fully saturated rings. The molecule has 0 radical (unpaired) electrons. The zero-order chi connectivity index (χ0) is 2.71. The predicted molar refractivity (Wildman–Crippen MR) is 10.9 cm³/mol. The maximum Gasteiger partial charge on any atom is -2.00 e. The van der Waals surface area contributed by atoms with E-state index in [1.807, 2.05) is 1.59 Å². The van der Waals surface area contributed by atoms with Crippen molar-refractivity contribution < 1.29 is 45.1 Å². The van der Waals surface area contributed by atoms with Gasteiger partial charge in [-0.3, -0.25) is 0 Å². The van der Waals surface area contributed by atoms with E-state index in [2.05, 4.69) is 6.58 Å². The van der Waals surface area contributed by atoms with Gasteiger partial charge in [-0.15, -0.1) is 0 Å². The van der Waals surface area contributed by atoms with Gasteiger partial charge < -0.3 is 5.48 Å². The zero-order valence-corrected chi connectivity index (χ0v) is 5.33. The molecule has 1 nitrogen and oxygen atoms in total. The van der Waals surface area contributed by atoms with Crippen molar-refractivity contribution in [1.29, 1.82) is 0 Å². The molecule has 0 rings (SSSR count). The molecule has 0 unspecified atom stereocenters. The van der Waals surface area contributed by atoms with E-state index in [9.17, 15) is 0 Å². The first kappa shape index (κ1) is 8.91.